The third kappa shape index (κ3) is 4.11. The van der Waals surface area contributed by atoms with Crippen LogP contribution in [0.1, 0.15) is 12.5 Å². The summed E-state index contributed by atoms with van der Waals surface area (Å²) < 4.78 is 0. The predicted octanol–water partition coefficient (Wildman–Crippen LogP) is 2.46. The number of nitrogens with zero attached hydrogens (tertiary/aromatic N) is 2. The Morgan fingerprint density at radius 3 is 2.04 bits per heavy atom. The summed E-state index contributed by atoms with van der Waals surface area (Å²) >= 11 is 0. The molecule has 0 aliphatic heterocycles. The van der Waals surface area contributed by atoms with E-state index in [1.54, 1.807) is 18.9 Å². The van der Waals surface area contributed by atoms with Crippen LogP contribution in [-0.4, -0.2) is 38.0 Å². The summed E-state index contributed by atoms with van der Waals surface area (Å²) in [6, 6.07) is 19.6. The molecule has 0 fully saturated rings. The number of nitrogens with two attached hydrogens (primary N) is 1. The first-order valence-corrected chi connectivity index (χ1v) is 7.79. The highest BCUT2D eigenvalue weighted by molar-refractivity contribution is 5.86. The predicted molar refractivity (Wildman–Crippen MR) is 95.3 cm³/mol. The molecule has 1 amide bonds. The van der Waals surface area contributed by atoms with Crippen LogP contribution in [0.5, 0.6) is 0 Å². The Morgan fingerprint density at radius 2 is 1.48 bits per heavy atom. The first kappa shape index (κ1) is 17.0. The van der Waals surface area contributed by atoms with Gasteiger partial charge in [-0.1, -0.05) is 48.5 Å². The van der Waals surface area contributed by atoms with Gasteiger partial charge in [-0.3, -0.25) is 4.79 Å². The van der Waals surface area contributed by atoms with Gasteiger partial charge in [0.25, 0.3) is 0 Å². The van der Waals surface area contributed by atoms with Crippen molar-refractivity contribution in [1.29, 1.82) is 0 Å². The summed E-state index contributed by atoms with van der Waals surface area (Å²) in [5, 5.41) is 0. The van der Waals surface area contributed by atoms with E-state index in [1.165, 1.54) is 0 Å². The average molecular weight is 311 g/mol. The van der Waals surface area contributed by atoms with Crippen LogP contribution in [0.3, 0.4) is 0 Å². The number of carbonyl (C=O) groups excluding carboxylic acids is 1. The van der Waals surface area contributed by atoms with Gasteiger partial charge in [-0.05, 0) is 24.6 Å². The third-order valence-corrected chi connectivity index (χ3v) is 4.13. The molecule has 2 aromatic rings. The van der Waals surface area contributed by atoms with Crippen molar-refractivity contribution in [2.24, 2.45) is 5.73 Å². The van der Waals surface area contributed by atoms with Crippen molar-refractivity contribution in [2.45, 2.75) is 12.5 Å². The number of likely N-dealkylation sites (N-methyl/N-ethyl adjacent to an activating group) is 2. The highest BCUT2D eigenvalue weighted by atomic mass is 16.2. The number of carbonyl (C=O) groups is 1. The minimum Gasteiger partial charge on any atom is -0.373 e. The Labute approximate surface area is 138 Å². The summed E-state index contributed by atoms with van der Waals surface area (Å²) in [6.45, 7) is 3.13. The molecule has 1 unspecified atom stereocenters. The van der Waals surface area contributed by atoms with E-state index < -0.39 is 5.54 Å². The molecule has 122 valence electrons. The SMILES string of the molecule is CN(CCN(C)c1ccccc1)C(=O)C(C)(N)c1ccccc1. The molecule has 23 heavy (non-hydrogen) atoms. The quantitative estimate of drug-likeness (QED) is 0.891. The van der Waals surface area contributed by atoms with Gasteiger partial charge >= 0.3 is 0 Å². The second-order valence-corrected chi connectivity index (χ2v) is 6.05. The first-order valence-electron chi connectivity index (χ1n) is 7.79. The van der Waals surface area contributed by atoms with Crippen molar-refractivity contribution >= 4 is 11.6 Å². The van der Waals surface area contributed by atoms with Gasteiger partial charge in [0.05, 0.1) is 0 Å². The molecule has 0 heterocycles. The summed E-state index contributed by atoms with van der Waals surface area (Å²) in [7, 11) is 3.82. The molecule has 0 saturated carbocycles. The van der Waals surface area contributed by atoms with Crippen molar-refractivity contribution in [2.75, 3.05) is 32.1 Å². The van der Waals surface area contributed by atoms with E-state index in [0.29, 0.717) is 6.54 Å². The number of rotatable bonds is 6. The lowest BCUT2D eigenvalue weighted by Crippen LogP contribution is -2.51. The van der Waals surface area contributed by atoms with Crippen molar-refractivity contribution < 1.29 is 4.79 Å². The summed E-state index contributed by atoms with van der Waals surface area (Å²) in [5.41, 5.74) is 7.24. The monoisotopic (exact) mass is 311 g/mol. The van der Waals surface area contributed by atoms with Crippen LogP contribution in [0.15, 0.2) is 60.7 Å². The standard InChI is InChI=1S/C19H25N3O/c1-19(20,16-10-6-4-7-11-16)18(23)22(3)15-14-21(2)17-12-8-5-9-13-17/h4-13H,14-15,20H2,1-3H3. The molecule has 0 spiro atoms. The summed E-state index contributed by atoms with van der Waals surface area (Å²) in [5.74, 6) is -0.0786. The molecule has 1 atom stereocenters. The number of anilines is 1. The first-order chi connectivity index (χ1) is 10.9. The molecular weight excluding hydrogens is 286 g/mol. The molecule has 4 heteroatoms. The van der Waals surface area contributed by atoms with Crippen molar-refractivity contribution in [1.82, 2.24) is 4.90 Å². The maximum atomic E-state index is 12.7. The zero-order chi connectivity index (χ0) is 16.9. The van der Waals surface area contributed by atoms with E-state index in [1.807, 2.05) is 55.6 Å². The second kappa shape index (κ2) is 7.29. The Morgan fingerprint density at radius 1 is 0.957 bits per heavy atom. The number of hydrogen-bond acceptors (Lipinski definition) is 3. The molecule has 2 N–H and O–H groups in total. The fraction of sp³-hybridized carbons (Fsp3) is 0.316. The molecule has 0 aliphatic rings. The van der Waals surface area contributed by atoms with Gasteiger partial charge in [-0.25, -0.2) is 0 Å². The molecule has 4 nitrogen and oxygen atoms in total. The van der Waals surface area contributed by atoms with Gasteiger partial charge in [-0.15, -0.1) is 0 Å². The number of benzene rings is 2. The maximum absolute atomic E-state index is 12.7. The van der Waals surface area contributed by atoms with Crippen LogP contribution < -0.4 is 10.6 Å². The lowest BCUT2D eigenvalue weighted by molar-refractivity contribution is -0.135. The fourth-order valence-electron chi connectivity index (χ4n) is 2.52. The Bertz CT molecular complexity index is 626. The minimum atomic E-state index is -1.01. The van der Waals surface area contributed by atoms with Crippen LogP contribution >= 0.6 is 0 Å². The Kier molecular flexibility index (Phi) is 5.40. The Hall–Kier alpha value is -2.33. The van der Waals surface area contributed by atoms with Crippen molar-refractivity contribution in [3.8, 4) is 0 Å². The number of amides is 1. The number of hydrogen-bond donors (Lipinski definition) is 1. The molecule has 0 aromatic heterocycles. The van der Waals surface area contributed by atoms with Crippen LogP contribution in [0, 0.1) is 0 Å². The van der Waals surface area contributed by atoms with E-state index in [4.69, 9.17) is 5.73 Å². The normalized spacial score (nSPS) is 13.2. The van der Waals surface area contributed by atoms with Crippen LogP contribution in [0.4, 0.5) is 5.69 Å². The zero-order valence-corrected chi connectivity index (χ0v) is 14.1. The van der Waals surface area contributed by atoms with E-state index in [-0.39, 0.29) is 5.91 Å². The van der Waals surface area contributed by atoms with Crippen molar-refractivity contribution in [3.05, 3.63) is 66.2 Å². The molecule has 2 aromatic carbocycles. The van der Waals surface area contributed by atoms with Gasteiger partial charge in [0, 0.05) is 32.9 Å². The van der Waals surface area contributed by atoms with Crippen LogP contribution in [-0.2, 0) is 10.3 Å². The minimum absolute atomic E-state index is 0.0786. The van der Waals surface area contributed by atoms with Crippen LogP contribution in [0.2, 0.25) is 0 Å². The van der Waals surface area contributed by atoms with Gasteiger partial charge in [0.1, 0.15) is 5.54 Å². The fourth-order valence-corrected chi connectivity index (χ4v) is 2.52. The smallest absolute Gasteiger partial charge is 0.246 e. The van der Waals surface area contributed by atoms with Gasteiger partial charge < -0.3 is 15.5 Å². The van der Waals surface area contributed by atoms with E-state index in [0.717, 1.165) is 17.8 Å². The highest BCUT2D eigenvalue weighted by Crippen LogP contribution is 2.20. The molecular formula is C19H25N3O. The molecule has 0 bridgehead atoms. The Balaban J connectivity index is 1.97. The largest absolute Gasteiger partial charge is 0.373 e. The van der Waals surface area contributed by atoms with E-state index >= 15 is 0 Å². The van der Waals surface area contributed by atoms with Gasteiger partial charge in [-0.2, -0.15) is 0 Å². The van der Waals surface area contributed by atoms with Crippen LogP contribution in [0.25, 0.3) is 0 Å². The molecule has 0 aliphatic carbocycles. The topological polar surface area (TPSA) is 49.6 Å². The number of para-hydroxylation sites is 1. The lowest BCUT2D eigenvalue weighted by atomic mass is 9.92. The molecule has 0 radical (unpaired) electrons. The molecule has 2 rings (SSSR count). The third-order valence-electron chi connectivity index (χ3n) is 4.13. The average Bonchev–Trinajstić information content (AvgIpc) is 2.60. The van der Waals surface area contributed by atoms with E-state index in [2.05, 4.69) is 17.0 Å². The van der Waals surface area contributed by atoms with Gasteiger partial charge in [0.2, 0.25) is 5.91 Å². The zero-order valence-electron chi connectivity index (χ0n) is 14.1. The van der Waals surface area contributed by atoms with Gasteiger partial charge in [0.15, 0.2) is 0 Å². The lowest BCUT2D eigenvalue weighted by Gasteiger charge is -2.31. The molecule has 0 saturated heterocycles. The maximum Gasteiger partial charge on any atom is 0.246 e. The summed E-state index contributed by atoms with van der Waals surface area (Å²) in [4.78, 5) is 16.5. The van der Waals surface area contributed by atoms with E-state index in [9.17, 15) is 4.79 Å². The second-order valence-electron chi connectivity index (χ2n) is 6.05. The highest BCUT2D eigenvalue weighted by Gasteiger charge is 2.32. The summed E-state index contributed by atoms with van der Waals surface area (Å²) in [6.07, 6.45) is 0. The van der Waals surface area contributed by atoms with Crippen molar-refractivity contribution in [3.63, 3.8) is 0 Å².